The van der Waals surface area contributed by atoms with Gasteiger partial charge >= 0.3 is 0 Å². The van der Waals surface area contributed by atoms with Crippen LogP contribution in [0.15, 0.2) is 47.4 Å². The highest BCUT2D eigenvalue weighted by Crippen LogP contribution is 2.26. The SMILES string of the molecule is Nc1ccc(NS(=O)(=O)c2ccc(Cl)cc2)cc1[N+](=O)[O-]. The summed E-state index contributed by atoms with van der Waals surface area (Å²) < 4.78 is 26.5. The van der Waals surface area contributed by atoms with Crippen LogP contribution in [0.1, 0.15) is 0 Å². The molecule has 0 saturated carbocycles. The highest BCUT2D eigenvalue weighted by atomic mass is 35.5. The number of nitrogens with zero attached hydrogens (tertiary/aromatic N) is 1. The monoisotopic (exact) mass is 327 g/mol. The van der Waals surface area contributed by atoms with Gasteiger partial charge in [-0.2, -0.15) is 0 Å². The van der Waals surface area contributed by atoms with Crippen LogP contribution < -0.4 is 10.5 Å². The number of rotatable bonds is 4. The van der Waals surface area contributed by atoms with E-state index in [1.54, 1.807) is 0 Å². The maximum atomic E-state index is 12.1. The lowest BCUT2D eigenvalue weighted by Gasteiger charge is -2.08. The number of anilines is 2. The van der Waals surface area contributed by atoms with Crippen LogP contribution >= 0.6 is 11.6 Å². The van der Waals surface area contributed by atoms with Gasteiger partial charge in [0.05, 0.1) is 15.5 Å². The predicted octanol–water partition coefficient (Wildman–Crippen LogP) is 2.63. The number of nitro groups is 1. The molecule has 3 N–H and O–H groups in total. The molecule has 0 spiro atoms. The van der Waals surface area contributed by atoms with Gasteiger partial charge in [-0.3, -0.25) is 14.8 Å². The second-order valence-electron chi connectivity index (χ2n) is 4.09. The highest BCUT2D eigenvalue weighted by Gasteiger charge is 2.17. The van der Waals surface area contributed by atoms with Crippen molar-refractivity contribution < 1.29 is 13.3 Å². The zero-order chi connectivity index (χ0) is 15.6. The molecule has 0 fully saturated rings. The molecule has 21 heavy (non-hydrogen) atoms. The van der Waals surface area contributed by atoms with Crippen LogP contribution in [0, 0.1) is 10.1 Å². The minimum atomic E-state index is -3.86. The lowest BCUT2D eigenvalue weighted by atomic mass is 10.2. The van der Waals surface area contributed by atoms with Crippen LogP contribution in [0.4, 0.5) is 17.1 Å². The summed E-state index contributed by atoms with van der Waals surface area (Å²) in [4.78, 5) is 10.1. The summed E-state index contributed by atoms with van der Waals surface area (Å²) in [6.07, 6.45) is 0. The molecule has 2 rings (SSSR count). The largest absolute Gasteiger partial charge is 0.393 e. The number of hydrogen-bond acceptors (Lipinski definition) is 5. The van der Waals surface area contributed by atoms with Crippen molar-refractivity contribution in [2.24, 2.45) is 0 Å². The predicted molar refractivity (Wildman–Crippen MR) is 79.8 cm³/mol. The molecule has 0 saturated heterocycles. The van der Waals surface area contributed by atoms with E-state index in [4.69, 9.17) is 17.3 Å². The lowest BCUT2D eigenvalue weighted by Crippen LogP contribution is -2.13. The Balaban J connectivity index is 2.35. The molecule has 110 valence electrons. The Hall–Kier alpha value is -2.32. The summed E-state index contributed by atoms with van der Waals surface area (Å²) >= 11 is 5.69. The smallest absolute Gasteiger partial charge is 0.294 e. The fraction of sp³-hybridized carbons (Fsp3) is 0. The molecule has 0 atom stereocenters. The lowest BCUT2D eigenvalue weighted by molar-refractivity contribution is -0.383. The third kappa shape index (κ3) is 3.41. The van der Waals surface area contributed by atoms with Crippen molar-refractivity contribution in [1.29, 1.82) is 0 Å². The Bertz CT molecular complexity index is 791. The average Bonchev–Trinajstić information content (AvgIpc) is 2.41. The molecule has 7 nitrogen and oxygen atoms in total. The van der Waals surface area contributed by atoms with Gasteiger partial charge in [0.1, 0.15) is 5.69 Å². The Morgan fingerprint density at radius 2 is 1.76 bits per heavy atom. The molecular weight excluding hydrogens is 318 g/mol. The fourth-order valence-corrected chi connectivity index (χ4v) is 2.77. The molecule has 0 unspecified atom stereocenters. The van der Waals surface area contributed by atoms with Crippen molar-refractivity contribution in [2.45, 2.75) is 4.90 Å². The third-order valence-electron chi connectivity index (χ3n) is 2.60. The first kappa shape index (κ1) is 15.1. The highest BCUT2D eigenvalue weighted by molar-refractivity contribution is 7.92. The number of halogens is 1. The van der Waals surface area contributed by atoms with Crippen molar-refractivity contribution in [3.8, 4) is 0 Å². The quantitative estimate of drug-likeness (QED) is 0.508. The Morgan fingerprint density at radius 1 is 1.14 bits per heavy atom. The number of benzene rings is 2. The van der Waals surface area contributed by atoms with Crippen LogP contribution in [-0.2, 0) is 10.0 Å². The number of nitro benzene ring substituents is 1. The molecule has 0 aliphatic carbocycles. The van der Waals surface area contributed by atoms with Gasteiger partial charge in [0.25, 0.3) is 15.7 Å². The van der Waals surface area contributed by atoms with E-state index in [1.165, 1.54) is 36.4 Å². The Morgan fingerprint density at radius 3 is 2.33 bits per heavy atom. The first-order valence-electron chi connectivity index (χ1n) is 5.62. The molecule has 9 heteroatoms. The van der Waals surface area contributed by atoms with Crippen LogP contribution in [0.25, 0.3) is 0 Å². The van der Waals surface area contributed by atoms with Gasteiger partial charge in [-0.15, -0.1) is 0 Å². The van der Waals surface area contributed by atoms with Crippen molar-refractivity contribution in [3.63, 3.8) is 0 Å². The summed E-state index contributed by atoms with van der Waals surface area (Å²) in [7, 11) is -3.86. The molecule has 2 aromatic carbocycles. The molecule has 0 aromatic heterocycles. The van der Waals surface area contributed by atoms with E-state index in [9.17, 15) is 18.5 Å². The summed E-state index contributed by atoms with van der Waals surface area (Å²) in [5, 5.41) is 11.2. The Labute approximate surface area is 125 Å². The van der Waals surface area contributed by atoms with E-state index >= 15 is 0 Å². The van der Waals surface area contributed by atoms with E-state index in [0.717, 1.165) is 6.07 Å². The topological polar surface area (TPSA) is 115 Å². The van der Waals surface area contributed by atoms with Crippen molar-refractivity contribution in [2.75, 3.05) is 10.5 Å². The van der Waals surface area contributed by atoms with E-state index in [1.807, 2.05) is 0 Å². The van der Waals surface area contributed by atoms with Gasteiger partial charge in [0.15, 0.2) is 0 Å². The molecule has 0 radical (unpaired) electrons. The summed E-state index contributed by atoms with van der Waals surface area (Å²) in [6, 6.07) is 9.19. The minimum Gasteiger partial charge on any atom is -0.393 e. The normalized spacial score (nSPS) is 11.1. The molecule has 2 aromatic rings. The van der Waals surface area contributed by atoms with E-state index < -0.39 is 14.9 Å². The molecule has 0 amide bonds. The van der Waals surface area contributed by atoms with Crippen LogP contribution in [0.3, 0.4) is 0 Å². The van der Waals surface area contributed by atoms with Crippen molar-refractivity contribution in [1.82, 2.24) is 0 Å². The second-order valence-corrected chi connectivity index (χ2v) is 6.21. The molecule has 0 aliphatic rings. The zero-order valence-corrected chi connectivity index (χ0v) is 12.1. The van der Waals surface area contributed by atoms with Crippen LogP contribution in [-0.4, -0.2) is 13.3 Å². The first-order valence-corrected chi connectivity index (χ1v) is 7.48. The number of nitrogen functional groups attached to an aromatic ring is 1. The summed E-state index contributed by atoms with van der Waals surface area (Å²) in [5.74, 6) is 0. The Kier molecular flexibility index (Phi) is 4.01. The molecule has 0 heterocycles. The number of sulfonamides is 1. The van der Waals surface area contributed by atoms with Gasteiger partial charge in [0, 0.05) is 11.1 Å². The van der Waals surface area contributed by atoms with Crippen LogP contribution in [0.5, 0.6) is 0 Å². The fourth-order valence-electron chi connectivity index (χ4n) is 1.59. The average molecular weight is 328 g/mol. The van der Waals surface area contributed by atoms with Crippen molar-refractivity contribution in [3.05, 3.63) is 57.6 Å². The molecular formula is C12H10ClN3O4S. The van der Waals surface area contributed by atoms with Crippen molar-refractivity contribution >= 4 is 38.7 Å². The molecule has 0 bridgehead atoms. The van der Waals surface area contributed by atoms with Gasteiger partial charge in [-0.1, -0.05) is 11.6 Å². The van der Waals surface area contributed by atoms with E-state index in [-0.39, 0.29) is 22.0 Å². The van der Waals surface area contributed by atoms with E-state index in [2.05, 4.69) is 4.72 Å². The maximum absolute atomic E-state index is 12.1. The first-order chi connectivity index (χ1) is 9.79. The number of nitrogens with one attached hydrogen (secondary N) is 1. The zero-order valence-electron chi connectivity index (χ0n) is 10.5. The van der Waals surface area contributed by atoms with Gasteiger partial charge in [-0.05, 0) is 36.4 Å². The number of nitrogens with two attached hydrogens (primary N) is 1. The standard InChI is InChI=1S/C12H10ClN3O4S/c13-8-1-4-10(5-2-8)21(19,20)15-9-3-6-11(14)12(7-9)16(17)18/h1-7,15H,14H2. The van der Waals surface area contributed by atoms with Gasteiger partial charge < -0.3 is 5.73 Å². The number of hydrogen-bond donors (Lipinski definition) is 2. The maximum Gasteiger partial charge on any atom is 0.294 e. The third-order valence-corrected chi connectivity index (χ3v) is 4.25. The summed E-state index contributed by atoms with van der Waals surface area (Å²) in [5.41, 5.74) is 5.08. The van der Waals surface area contributed by atoms with Gasteiger partial charge in [0.2, 0.25) is 0 Å². The van der Waals surface area contributed by atoms with E-state index in [0.29, 0.717) is 5.02 Å². The summed E-state index contributed by atoms with van der Waals surface area (Å²) in [6.45, 7) is 0. The minimum absolute atomic E-state index is 0.00798. The second kappa shape index (κ2) is 5.58. The van der Waals surface area contributed by atoms with Gasteiger partial charge in [-0.25, -0.2) is 8.42 Å². The molecule has 0 aliphatic heterocycles. The van der Waals surface area contributed by atoms with Crippen LogP contribution in [0.2, 0.25) is 5.02 Å².